The van der Waals surface area contributed by atoms with Gasteiger partial charge in [0.2, 0.25) is 0 Å². The number of unbranched alkanes of at least 4 members (excludes halogenated alkanes) is 1. The number of aromatic nitrogens is 3. The molecule has 9 nitrogen and oxygen atoms in total. The molecule has 4 rings (SSSR count). The largest absolute Gasteiger partial charge is 0.464 e. The molecule has 0 bridgehead atoms. The number of thiazole rings is 1. The Bertz CT molecular complexity index is 1160. The van der Waals surface area contributed by atoms with Crippen LogP contribution in [0, 0.1) is 0 Å². The summed E-state index contributed by atoms with van der Waals surface area (Å²) in [5, 5.41) is 2.65. The Kier molecular flexibility index (Phi) is 7.43. The van der Waals surface area contributed by atoms with Crippen molar-refractivity contribution >= 4 is 33.6 Å². The minimum absolute atomic E-state index is 0.00978. The van der Waals surface area contributed by atoms with Gasteiger partial charge in [0.15, 0.2) is 0 Å². The Labute approximate surface area is 196 Å². The van der Waals surface area contributed by atoms with Crippen molar-refractivity contribution in [2.24, 2.45) is 0 Å². The minimum Gasteiger partial charge on any atom is -0.464 e. The molecule has 0 atom stereocenters. The Morgan fingerprint density at radius 1 is 1.24 bits per heavy atom. The van der Waals surface area contributed by atoms with Gasteiger partial charge < -0.3 is 19.5 Å². The molecule has 0 spiro atoms. The van der Waals surface area contributed by atoms with Gasteiger partial charge in [0, 0.05) is 31.4 Å². The van der Waals surface area contributed by atoms with Gasteiger partial charge in [-0.1, -0.05) is 36.8 Å². The maximum Gasteiger partial charge on any atom is 0.325 e. The molecule has 2 amide bonds. The van der Waals surface area contributed by atoms with E-state index < -0.39 is 5.97 Å². The predicted octanol–water partition coefficient (Wildman–Crippen LogP) is 3.00. The summed E-state index contributed by atoms with van der Waals surface area (Å²) in [5.74, 6) is 0.713. The molecule has 3 heterocycles. The van der Waals surface area contributed by atoms with E-state index in [1.165, 1.54) is 11.3 Å². The van der Waals surface area contributed by atoms with Gasteiger partial charge in [0.1, 0.15) is 19.0 Å². The molecule has 2 aromatic heterocycles. The highest BCUT2D eigenvalue weighted by Crippen LogP contribution is 2.27. The van der Waals surface area contributed by atoms with Crippen LogP contribution in [0.15, 0.2) is 41.5 Å². The van der Waals surface area contributed by atoms with Gasteiger partial charge >= 0.3 is 16.9 Å². The van der Waals surface area contributed by atoms with E-state index >= 15 is 0 Å². The monoisotopic (exact) mass is 471 g/mol. The molecule has 1 aromatic carbocycles. The zero-order chi connectivity index (χ0) is 23.2. The zero-order valence-corrected chi connectivity index (χ0v) is 19.6. The van der Waals surface area contributed by atoms with Crippen molar-refractivity contribution in [3.05, 3.63) is 52.2 Å². The number of urea groups is 1. The van der Waals surface area contributed by atoms with E-state index in [0.29, 0.717) is 26.4 Å². The lowest BCUT2D eigenvalue weighted by Crippen LogP contribution is -2.46. The van der Waals surface area contributed by atoms with E-state index in [1.54, 1.807) is 15.7 Å². The molecule has 0 saturated carbocycles. The third-order valence-electron chi connectivity index (χ3n) is 5.91. The Morgan fingerprint density at radius 3 is 2.82 bits per heavy atom. The molecule has 1 fully saturated rings. The molecule has 3 aromatic rings. The second-order valence-electron chi connectivity index (χ2n) is 8.15. The van der Waals surface area contributed by atoms with Gasteiger partial charge in [-0.05, 0) is 31.4 Å². The van der Waals surface area contributed by atoms with E-state index in [4.69, 9.17) is 4.74 Å². The van der Waals surface area contributed by atoms with Crippen LogP contribution >= 0.6 is 11.3 Å². The van der Waals surface area contributed by atoms with Gasteiger partial charge in [-0.3, -0.25) is 14.2 Å². The third-order valence-corrected chi connectivity index (χ3v) is 6.87. The van der Waals surface area contributed by atoms with Crippen molar-refractivity contribution in [3.8, 4) is 0 Å². The highest BCUT2D eigenvalue weighted by atomic mass is 32.1. The Hall–Kier alpha value is -3.14. The van der Waals surface area contributed by atoms with Crippen LogP contribution in [0.3, 0.4) is 0 Å². The summed E-state index contributed by atoms with van der Waals surface area (Å²) in [7, 11) is 0. The maximum atomic E-state index is 12.5. The molecule has 10 heteroatoms. The molecular formula is C23H29N5O4S. The molecule has 1 aliphatic rings. The Morgan fingerprint density at radius 2 is 2.03 bits per heavy atom. The van der Waals surface area contributed by atoms with Crippen LogP contribution in [-0.4, -0.2) is 57.3 Å². The van der Waals surface area contributed by atoms with Crippen LogP contribution in [0.25, 0.3) is 10.2 Å². The first-order chi connectivity index (χ1) is 16.1. The van der Waals surface area contributed by atoms with Crippen LogP contribution in [0.2, 0.25) is 0 Å². The van der Waals surface area contributed by atoms with E-state index in [2.05, 4.69) is 10.3 Å². The van der Waals surface area contributed by atoms with Crippen LogP contribution in [0.4, 0.5) is 4.79 Å². The molecule has 0 unspecified atom stereocenters. The number of nitrogens with zero attached hydrogens (tertiary/aromatic N) is 4. The van der Waals surface area contributed by atoms with Crippen molar-refractivity contribution in [1.82, 2.24) is 24.3 Å². The molecule has 0 radical (unpaired) electrons. The highest BCUT2D eigenvalue weighted by Gasteiger charge is 2.27. The number of carbonyl (C=O) groups excluding carboxylic acids is 2. The van der Waals surface area contributed by atoms with E-state index in [1.807, 2.05) is 42.0 Å². The fraction of sp³-hybridized carbons (Fsp3) is 0.478. The van der Waals surface area contributed by atoms with Crippen molar-refractivity contribution in [1.29, 1.82) is 0 Å². The number of rotatable bonds is 8. The summed E-state index contributed by atoms with van der Waals surface area (Å²) in [5.41, 5.74) is 0.923. The van der Waals surface area contributed by atoms with Gasteiger partial charge in [0.05, 0.1) is 16.8 Å². The second kappa shape index (κ2) is 10.7. The predicted molar refractivity (Wildman–Crippen MR) is 127 cm³/mol. The maximum absolute atomic E-state index is 12.5. The lowest BCUT2D eigenvalue weighted by Gasteiger charge is -2.31. The normalized spacial score (nSPS) is 14.5. The molecular weight excluding hydrogens is 442 g/mol. The fourth-order valence-electron chi connectivity index (χ4n) is 4.08. The number of para-hydroxylation sites is 1. The highest BCUT2D eigenvalue weighted by molar-refractivity contribution is 7.16. The smallest absolute Gasteiger partial charge is 0.325 e. The van der Waals surface area contributed by atoms with Crippen LogP contribution in [-0.2, 0) is 16.2 Å². The summed E-state index contributed by atoms with van der Waals surface area (Å²) in [4.78, 5) is 42.9. The molecule has 176 valence electrons. The number of benzene rings is 1. The first-order valence-electron chi connectivity index (χ1n) is 11.3. The second-order valence-corrected chi connectivity index (χ2v) is 9.15. The van der Waals surface area contributed by atoms with Gasteiger partial charge in [-0.15, -0.1) is 0 Å². The minimum atomic E-state index is -0.412. The zero-order valence-electron chi connectivity index (χ0n) is 18.7. The van der Waals surface area contributed by atoms with Crippen molar-refractivity contribution in [2.75, 3.05) is 26.2 Å². The summed E-state index contributed by atoms with van der Waals surface area (Å²) in [6, 6.07) is 7.54. The number of piperidine rings is 1. The topological polar surface area (TPSA) is 98.5 Å². The average Bonchev–Trinajstić information content (AvgIpc) is 3.42. The van der Waals surface area contributed by atoms with Crippen LogP contribution in [0.1, 0.15) is 44.3 Å². The number of hydrogen-bond acceptors (Lipinski definition) is 6. The summed E-state index contributed by atoms with van der Waals surface area (Å²) >= 11 is 1.25. The number of hydrogen-bond donors (Lipinski definition) is 1. The standard InChI is InChI=1S/C23H29N5O4S/c1-2-3-14-32-20(29)15-25-22(30)26-11-8-17(9-12-26)21-24-10-13-27(21)16-28-18-6-4-5-7-19(18)33-23(28)31/h4-7,10,13,17H,2-3,8-9,11-12,14-16H2,1H3,(H,25,30). The first-order valence-corrected chi connectivity index (χ1v) is 12.2. The summed E-state index contributed by atoms with van der Waals surface area (Å²) in [6.07, 6.45) is 6.97. The fourth-order valence-corrected chi connectivity index (χ4v) is 4.97. The summed E-state index contributed by atoms with van der Waals surface area (Å²) < 4.78 is 9.83. The molecule has 1 aliphatic heterocycles. The number of carbonyl (C=O) groups is 2. The van der Waals surface area contributed by atoms with Gasteiger partial charge in [0.25, 0.3) is 0 Å². The van der Waals surface area contributed by atoms with Gasteiger partial charge in [-0.2, -0.15) is 0 Å². The van der Waals surface area contributed by atoms with Gasteiger partial charge in [-0.25, -0.2) is 9.78 Å². The van der Waals surface area contributed by atoms with Crippen molar-refractivity contribution < 1.29 is 14.3 Å². The number of esters is 1. The van der Waals surface area contributed by atoms with E-state index in [9.17, 15) is 14.4 Å². The summed E-state index contributed by atoms with van der Waals surface area (Å²) in [6.45, 7) is 3.87. The average molecular weight is 472 g/mol. The van der Waals surface area contributed by atoms with Crippen molar-refractivity contribution in [2.45, 2.75) is 45.2 Å². The van der Waals surface area contributed by atoms with Crippen LogP contribution < -0.4 is 10.2 Å². The van der Waals surface area contributed by atoms with E-state index in [-0.39, 0.29) is 23.4 Å². The van der Waals surface area contributed by atoms with Crippen molar-refractivity contribution in [3.63, 3.8) is 0 Å². The molecule has 0 aliphatic carbocycles. The lowest BCUT2D eigenvalue weighted by atomic mass is 9.96. The SMILES string of the molecule is CCCCOC(=O)CNC(=O)N1CCC(c2nccn2Cn2c(=O)sc3ccccc32)CC1. The number of imidazole rings is 1. The molecule has 1 saturated heterocycles. The number of fused-ring (bicyclic) bond motifs is 1. The Balaban J connectivity index is 1.32. The number of amides is 2. The third kappa shape index (κ3) is 5.44. The molecule has 33 heavy (non-hydrogen) atoms. The molecule has 1 N–H and O–H groups in total. The number of ether oxygens (including phenoxy) is 1. The quantitative estimate of drug-likeness (QED) is 0.402. The first kappa shape index (κ1) is 23.0. The number of likely N-dealkylation sites (tertiary alicyclic amines) is 1. The number of nitrogens with one attached hydrogen (secondary N) is 1. The van der Waals surface area contributed by atoms with Crippen LogP contribution in [0.5, 0.6) is 0 Å². The lowest BCUT2D eigenvalue weighted by molar-refractivity contribution is -0.142. The van der Waals surface area contributed by atoms with E-state index in [0.717, 1.165) is 41.7 Å².